The summed E-state index contributed by atoms with van der Waals surface area (Å²) in [5, 5.41) is 9.32. The monoisotopic (exact) mass is 347 g/mol. The van der Waals surface area contributed by atoms with E-state index in [1.807, 2.05) is 16.9 Å². The summed E-state index contributed by atoms with van der Waals surface area (Å²) in [5.41, 5.74) is 0.887. The molecule has 0 aliphatic carbocycles. The fourth-order valence-electron chi connectivity index (χ4n) is 1.28. The molecule has 2 N–H and O–H groups in total. The second-order valence-corrected chi connectivity index (χ2v) is 6.23. The molecule has 19 heavy (non-hydrogen) atoms. The first kappa shape index (κ1) is 15.9. The van der Waals surface area contributed by atoms with E-state index in [2.05, 4.69) is 15.9 Å². The SMILES string of the molecule is O=C(O)CNS(=O)(=O)c1ccc(C=CCCBr)cc1. The van der Waals surface area contributed by atoms with Crippen molar-refractivity contribution in [3.05, 3.63) is 35.9 Å². The molecule has 0 atom stereocenters. The van der Waals surface area contributed by atoms with Crippen molar-refractivity contribution in [2.75, 3.05) is 11.9 Å². The Morgan fingerprint density at radius 3 is 2.47 bits per heavy atom. The number of sulfonamides is 1. The number of carboxylic acid groups (broad SMARTS) is 1. The number of carboxylic acids is 1. The van der Waals surface area contributed by atoms with Gasteiger partial charge in [-0.05, 0) is 24.1 Å². The van der Waals surface area contributed by atoms with Crippen LogP contribution >= 0.6 is 15.9 Å². The van der Waals surface area contributed by atoms with Gasteiger partial charge in [-0.25, -0.2) is 8.42 Å². The molecule has 0 spiro atoms. The number of benzene rings is 1. The molecule has 7 heteroatoms. The van der Waals surface area contributed by atoms with Crippen LogP contribution in [0.1, 0.15) is 12.0 Å². The third-order valence-corrected chi connectivity index (χ3v) is 4.06. The minimum atomic E-state index is -3.76. The smallest absolute Gasteiger partial charge is 0.318 e. The summed E-state index contributed by atoms with van der Waals surface area (Å²) in [6.45, 7) is -0.630. The summed E-state index contributed by atoms with van der Waals surface area (Å²) < 4.78 is 25.4. The number of allylic oxidation sites excluding steroid dienone is 1. The highest BCUT2D eigenvalue weighted by Crippen LogP contribution is 2.11. The first-order valence-electron chi connectivity index (χ1n) is 5.50. The van der Waals surface area contributed by atoms with Crippen molar-refractivity contribution in [2.24, 2.45) is 0 Å². The normalized spacial score (nSPS) is 11.8. The molecule has 0 saturated heterocycles. The third-order valence-electron chi connectivity index (χ3n) is 2.19. The van der Waals surface area contributed by atoms with E-state index in [0.717, 1.165) is 17.3 Å². The van der Waals surface area contributed by atoms with Crippen LogP contribution in [0.2, 0.25) is 0 Å². The van der Waals surface area contributed by atoms with Crippen molar-refractivity contribution in [3.63, 3.8) is 0 Å². The quantitative estimate of drug-likeness (QED) is 0.737. The topological polar surface area (TPSA) is 83.5 Å². The summed E-state index contributed by atoms with van der Waals surface area (Å²) in [6.07, 6.45) is 4.75. The molecule has 0 fully saturated rings. The summed E-state index contributed by atoms with van der Waals surface area (Å²) in [5.74, 6) is -1.22. The highest BCUT2D eigenvalue weighted by molar-refractivity contribution is 9.09. The van der Waals surface area contributed by atoms with Gasteiger partial charge in [-0.15, -0.1) is 0 Å². The van der Waals surface area contributed by atoms with E-state index in [1.165, 1.54) is 12.1 Å². The van der Waals surface area contributed by atoms with Crippen LogP contribution < -0.4 is 4.72 Å². The molecule has 0 aliphatic heterocycles. The van der Waals surface area contributed by atoms with Crippen molar-refractivity contribution in [1.29, 1.82) is 0 Å². The van der Waals surface area contributed by atoms with Gasteiger partial charge in [0.1, 0.15) is 6.54 Å². The zero-order chi connectivity index (χ0) is 14.3. The second-order valence-electron chi connectivity index (χ2n) is 3.67. The largest absolute Gasteiger partial charge is 0.480 e. The van der Waals surface area contributed by atoms with E-state index in [-0.39, 0.29) is 4.90 Å². The fourth-order valence-corrected chi connectivity index (χ4v) is 2.52. The van der Waals surface area contributed by atoms with Gasteiger partial charge in [0.15, 0.2) is 0 Å². The predicted molar refractivity (Wildman–Crippen MR) is 76.7 cm³/mol. The summed E-state index contributed by atoms with van der Waals surface area (Å²) >= 11 is 3.30. The molecule has 104 valence electrons. The van der Waals surface area contributed by atoms with E-state index in [4.69, 9.17) is 5.11 Å². The highest BCUT2D eigenvalue weighted by atomic mass is 79.9. The average molecular weight is 348 g/mol. The Morgan fingerprint density at radius 2 is 1.95 bits per heavy atom. The zero-order valence-electron chi connectivity index (χ0n) is 10.0. The van der Waals surface area contributed by atoms with Gasteiger partial charge in [-0.2, -0.15) is 4.72 Å². The molecule has 0 radical (unpaired) electrons. The van der Waals surface area contributed by atoms with Gasteiger partial charge in [0.25, 0.3) is 0 Å². The number of nitrogens with one attached hydrogen (secondary N) is 1. The number of hydrogen-bond donors (Lipinski definition) is 2. The Morgan fingerprint density at radius 1 is 1.32 bits per heavy atom. The molecular weight excluding hydrogens is 334 g/mol. The van der Waals surface area contributed by atoms with Gasteiger partial charge in [-0.1, -0.05) is 40.2 Å². The number of hydrogen-bond acceptors (Lipinski definition) is 3. The third kappa shape index (κ3) is 5.54. The van der Waals surface area contributed by atoms with Crippen LogP contribution in [0.3, 0.4) is 0 Å². The first-order chi connectivity index (χ1) is 8.95. The van der Waals surface area contributed by atoms with Gasteiger partial charge in [0.05, 0.1) is 4.90 Å². The van der Waals surface area contributed by atoms with Crippen LogP contribution in [0.25, 0.3) is 6.08 Å². The number of aliphatic carboxylic acids is 1. The Bertz CT molecular complexity index is 552. The average Bonchev–Trinajstić information content (AvgIpc) is 2.37. The molecule has 1 rings (SSSR count). The molecule has 0 bridgehead atoms. The molecule has 1 aromatic rings. The number of rotatable bonds is 7. The molecule has 0 heterocycles. The first-order valence-corrected chi connectivity index (χ1v) is 8.10. The Hall–Kier alpha value is -1.18. The Kier molecular flexibility index (Phi) is 6.20. The standard InChI is InChI=1S/C12H14BrNO4S/c13-8-2-1-3-10-4-6-11(7-5-10)19(17,18)14-9-12(15)16/h1,3-7,14H,2,8-9H2,(H,15,16). The van der Waals surface area contributed by atoms with E-state index < -0.39 is 22.5 Å². The van der Waals surface area contributed by atoms with Crippen molar-refractivity contribution in [2.45, 2.75) is 11.3 Å². The van der Waals surface area contributed by atoms with E-state index in [0.29, 0.717) is 0 Å². The molecule has 0 unspecified atom stereocenters. The maximum absolute atomic E-state index is 11.7. The minimum Gasteiger partial charge on any atom is -0.480 e. The van der Waals surface area contributed by atoms with Crippen molar-refractivity contribution in [1.82, 2.24) is 4.72 Å². The number of carbonyl (C=O) groups is 1. The fraction of sp³-hybridized carbons (Fsp3) is 0.250. The highest BCUT2D eigenvalue weighted by Gasteiger charge is 2.14. The van der Waals surface area contributed by atoms with Gasteiger partial charge in [0, 0.05) is 5.33 Å². The molecule has 0 aromatic heterocycles. The maximum Gasteiger partial charge on any atom is 0.318 e. The van der Waals surface area contributed by atoms with Crippen molar-refractivity contribution < 1.29 is 18.3 Å². The Balaban J connectivity index is 2.77. The molecule has 5 nitrogen and oxygen atoms in total. The Labute approximate surface area is 120 Å². The molecule has 0 amide bonds. The van der Waals surface area contributed by atoms with Crippen LogP contribution in [0.15, 0.2) is 35.2 Å². The van der Waals surface area contributed by atoms with Crippen LogP contribution in [-0.2, 0) is 14.8 Å². The molecule has 0 aliphatic rings. The van der Waals surface area contributed by atoms with E-state index in [9.17, 15) is 13.2 Å². The molecule has 0 saturated carbocycles. The van der Waals surface area contributed by atoms with E-state index >= 15 is 0 Å². The minimum absolute atomic E-state index is 0.0476. The summed E-state index contributed by atoms with van der Waals surface area (Å²) in [4.78, 5) is 10.4. The second kappa shape index (κ2) is 7.42. The number of halogens is 1. The van der Waals surface area contributed by atoms with E-state index in [1.54, 1.807) is 12.1 Å². The van der Waals surface area contributed by atoms with Crippen LogP contribution in [0, 0.1) is 0 Å². The van der Waals surface area contributed by atoms with Crippen LogP contribution in [-0.4, -0.2) is 31.4 Å². The predicted octanol–water partition coefficient (Wildman–Crippen LogP) is 1.85. The zero-order valence-corrected chi connectivity index (χ0v) is 12.4. The van der Waals surface area contributed by atoms with Crippen molar-refractivity contribution >= 4 is 38.0 Å². The lowest BCUT2D eigenvalue weighted by atomic mass is 10.2. The van der Waals surface area contributed by atoms with Crippen molar-refractivity contribution in [3.8, 4) is 0 Å². The van der Waals surface area contributed by atoms with Gasteiger partial charge >= 0.3 is 5.97 Å². The van der Waals surface area contributed by atoms with Gasteiger partial charge in [0.2, 0.25) is 10.0 Å². The summed E-state index contributed by atoms with van der Waals surface area (Å²) in [6, 6.07) is 6.22. The molecule has 1 aromatic carbocycles. The number of alkyl halides is 1. The lowest BCUT2D eigenvalue weighted by Crippen LogP contribution is -2.29. The molecular formula is C12H14BrNO4S. The summed E-state index contributed by atoms with van der Waals surface area (Å²) in [7, 11) is -3.76. The lowest BCUT2D eigenvalue weighted by molar-refractivity contribution is -0.135. The van der Waals surface area contributed by atoms with Gasteiger partial charge < -0.3 is 5.11 Å². The maximum atomic E-state index is 11.7. The van der Waals surface area contributed by atoms with Gasteiger partial charge in [-0.3, -0.25) is 4.79 Å². The van der Waals surface area contributed by atoms with Crippen LogP contribution in [0.5, 0.6) is 0 Å². The lowest BCUT2D eigenvalue weighted by Gasteiger charge is -2.04. The van der Waals surface area contributed by atoms with Crippen LogP contribution in [0.4, 0.5) is 0 Å².